The topological polar surface area (TPSA) is 47.3 Å². The fourth-order valence-electron chi connectivity index (χ4n) is 3.03. The molecule has 1 fully saturated rings. The molecule has 1 aliphatic rings. The highest BCUT2D eigenvalue weighted by molar-refractivity contribution is 5.38. The summed E-state index contributed by atoms with van der Waals surface area (Å²) in [6, 6.07) is 6.41. The van der Waals surface area contributed by atoms with Gasteiger partial charge in [-0.1, -0.05) is 18.6 Å². The predicted molar refractivity (Wildman–Crippen MR) is 74.9 cm³/mol. The van der Waals surface area contributed by atoms with Crippen molar-refractivity contribution in [3.63, 3.8) is 0 Å². The van der Waals surface area contributed by atoms with Crippen LogP contribution in [0.5, 0.6) is 5.75 Å². The molecule has 2 rings (SSSR count). The summed E-state index contributed by atoms with van der Waals surface area (Å²) in [5, 5.41) is 3.29. The minimum atomic E-state index is 0.114. The maximum absolute atomic E-state index is 6.50. The van der Waals surface area contributed by atoms with E-state index in [4.69, 9.17) is 10.5 Å². The third kappa shape index (κ3) is 2.25. The summed E-state index contributed by atoms with van der Waals surface area (Å²) in [6.07, 6.45) is 3.74. The van der Waals surface area contributed by atoms with Gasteiger partial charge in [0.05, 0.1) is 7.11 Å². The van der Waals surface area contributed by atoms with Gasteiger partial charge in [0.25, 0.3) is 0 Å². The van der Waals surface area contributed by atoms with E-state index in [0.717, 1.165) is 17.9 Å². The molecule has 0 heterocycles. The van der Waals surface area contributed by atoms with Crippen LogP contribution in [0.15, 0.2) is 18.2 Å². The normalized spacial score (nSPS) is 19.1. The molecule has 1 saturated carbocycles. The van der Waals surface area contributed by atoms with Crippen LogP contribution >= 0.6 is 0 Å². The van der Waals surface area contributed by atoms with E-state index >= 15 is 0 Å². The Balaban J connectivity index is 2.22. The Hall–Kier alpha value is -1.06. The first-order valence-electron chi connectivity index (χ1n) is 6.68. The first kappa shape index (κ1) is 13.4. The van der Waals surface area contributed by atoms with E-state index in [1.807, 2.05) is 13.1 Å². The van der Waals surface area contributed by atoms with E-state index in [2.05, 4.69) is 24.4 Å². The monoisotopic (exact) mass is 248 g/mol. The molecule has 1 aliphatic carbocycles. The lowest BCUT2D eigenvalue weighted by Crippen LogP contribution is -2.46. The van der Waals surface area contributed by atoms with Crippen LogP contribution in [0.4, 0.5) is 0 Å². The lowest BCUT2D eigenvalue weighted by molar-refractivity contribution is 0.0947. The Morgan fingerprint density at radius 1 is 1.44 bits per heavy atom. The van der Waals surface area contributed by atoms with E-state index in [9.17, 15) is 0 Å². The van der Waals surface area contributed by atoms with E-state index in [-0.39, 0.29) is 11.5 Å². The predicted octanol–water partition coefficient (Wildman–Crippen LogP) is 2.39. The van der Waals surface area contributed by atoms with Crippen LogP contribution in [0.2, 0.25) is 0 Å². The molecule has 1 atom stereocenters. The highest BCUT2D eigenvalue weighted by atomic mass is 16.5. The van der Waals surface area contributed by atoms with Crippen LogP contribution < -0.4 is 15.8 Å². The number of aryl methyl sites for hydroxylation is 1. The number of methoxy groups -OCH3 is 1. The molecule has 3 nitrogen and oxygen atoms in total. The Kier molecular flexibility index (Phi) is 3.93. The van der Waals surface area contributed by atoms with Crippen LogP contribution in [-0.4, -0.2) is 20.7 Å². The zero-order valence-electron chi connectivity index (χ0n) is 11.6. The molecular formula is C15H24N2O. The average molecular weight is 248 g/mol. The smallest absolute Gasteiger partial charge is 0.121 e. The van der Waals surface area contributed by atoms with Gasteiger partial charge in [-0.25, -0.2) is 0 Å². The molecule has 1 aromatic rings. The Bertz CT molecular complexity index is 413. The van der Waals surface area contributed by atoms with Gasteiger partial charge >= 0.3 is 0 Å². The fourth-order valence-corrected chi connectivity index (χ4v) is 3.03. The molecule has 0 aliphatic heterocycles. The largest absolute Gasteiger partial charge is 0.496 e. The van der Waals surface area contributed by atoms with Crippen molar-refractivity contribution in [3.05, 3.63) is 29.3 Å². The summed E-state index contributed by atoms with van der Waals surface area (Å²) in [5.41, 5.74) is 9.13. The van der Waals surface area contributed by atoms with E-state index in [1.54, 1.807) is 7.11 Å². The molecule has 18 heavy (non-hydrogen) atoms. The van der Waals surface area contributed by atoms with Crippen LogP contribution in [0, 0.1) is 12.3 Å². The van der Waals surface area contributed by atoms with Gasteiger partial charge in [0, 0.05) is 18.0 Å². The number of nitrogens with two attached hydrogens (primary N) is 1. The summed E-state index contributed by atoms with van der Waals surface area (Å²) in [7, 11) is 3.71. The van der Waals surface area contributed by atoms with Crippen molar-refractivity contribution in [1.29, 1.82) is 0 Å². The fraction of sp³-hybridized carbons (Fsp3) is 0.600. The summed E-state index contributed by atoms with van der Waals surface area (Å²) in [5.74, 6) is 0.933. The van der Waals surface area contributed by atoms with Gasteiger partial charge in [-0.2, -0.15) is 0 Å². The maximum Gasteiger partial charge on any atom is 0.121 e. The van der Waals surface area contributed by atoms with Crippen molar-refractivity contribution in [3.8, 4) is 5.75 Å². The first-order chi connectivity index (χ1) is 8.63. The van der Waals surface area contributed by atoms with Gasteiger partial charge in [0.15, 0.2) is 0 Å². The second kappa shape index (κ2) is 5.29. The molecule has 1 unspecified atom stereocenters. The first-order valence-corrected chi connectivity index (χ1v) is 6.68. The summed E-state index contributed by atoms with van der Waals surface area (Å²) < 4.78 is 5.30. The maximum atomic E-state index is 6.50. The van der Waals surface area contributed by atoms with Crippen LogP contribution in [0.1, 0.15) is 36.4 Å². The van der Waals surface area contributed by atoms with Crippen molar-refractivity contribution in [1.82, 2.24) is 5.32 Å². The van der Waals surface area contributed by atoms with E-state index in [0.29, 0.717) is 0 Å². The Morgan fingerprint density at radius 3 is 2.61 bits per heavy atom. The molecular weight excluding hydrogens is 224 g/mol. The van der Waals surface area contributed by atoms with Crippen LogP contribution in [0.3, 0.4) is 0 Å². The molecule has 0 spiro atoms. The minimum absolute atomic E-state index is 0.114. The van der Waals surface area contributed by atoms with Gasteiger partial charge in [-0.3, -0.25) is 0 Å². The lowest BCUT2D eigenvalue weighted by atomic mass is 9.62. The molecule has 3 N–H and O–H groups in total. The Labute approximate surface area is 110 Å². The average Bonchev–Trinajstić information content (AvgIpc) is 2.33. The number of hydrogen-bond acceptors (Lipinski definition) is 3. The molecule has 0 aromatic heterocycles. The summed E-state index contributed by atoms with van der Waals surface area (Å²) in [4.78, 5) is 0. The van der Waals surface area contributed by atoms with Crippen molar-refractivity contribution < 1.29 is 4.74 Å². The van der Waals surface area contributed by atoms with Crippen LogP contribution in [0.25, 0.3) is 0 Å². The van der Waals surface area contributed by atoms with Crippen molar-refractivity contribution >= 4 is 0 Å². The summed E-state index contributed by atoms with van der Waals surface area (Å²) in [6.45, 7) is 3.07. The van der Waals surface area contributed by atoms with E-state index < -0.39 is 0 Å². The zero-order chi connectivity index (χ0) is 13.2. The number of hydrogen-bond donors (Lipinski definition) is 2. The summed E-state index contributed by atoms with van der Waals surface area (Å²) >= 11 is 0. The third-order valence-corrected chi connectivity index (χ3v) is 4.32. The van der Waals surface area contributed by atoms with E-state index in [1.165, 1.54) is 24.8 Å². The molecule has 0 bridgehead atoms. The van der Waals surface area contributed by atoms with Gasteiger partial charge in [0.1, 0.15) is 5.75 Å². The SMILES string of the molecule is CNCC1(C(N)c2ccc(OC)c(C)c2)CCC1. The zero-order valence-corrected chi connectivity index (χ0v) is 11.6. The number of rotatable bonds is 5. The second-order valence-corrected chi connectivity index (χ2v) is 5.45. The Morgan fingerprint density at radius 2 is 2.17 bits per heavy atom. The minimum Gasteiger partial charge on any atom is -0.496 e. The molecule has 100 valence electrons. The number of benzene rings is 1. The van der Waals surface area contributed by atoms with Crippen molar-refractivity contribution in [2.24, 2.45) is 11.1 Å². The second-order valence-electron chi connectivity index (χ2n) is 5.45. The quantitative estimate of drug-likeness (QED) is 0.841. The molecule has 0 saturated heterocycles. The van der Waals surface area contributed by atoms with Crippen molar-refractivity contribution in [2.45, 2.75) is 32.2 Å². The van der Waals surface area contributed by atoms with Gasteiger partial charge < -0.3 is 15.8 Å². The van der Waals surface area contributed by atoms with Crippen molar-refractivity contribution in [2.75, 3.05) is 20.7 Å². The number of ether oxygens (including phenoxy) is 1. The third-order valence-electron chi connectivity index (χ3n) is 4.32. The molecule has 0 radical (unpaired) electrons. The standard InChI is InChI=1S/C15H24N2O/c1-11-9-12(5-6-13(11)18-3)14(16)15(10-17-2)7-4-8-15/h5-6,9,14,17H,4,7-8,10,16H2,1-3H3. The molecule has 0 amide bonds. The van der Waals surface area contributed by atoms with Gasteiger partial charge in [-0.15, -0.1) is 0 Å². The molecule has 1 aromatic carbocycles. The highest BCUT2D eigenvalue weighted by Crippen LogP contribution is 2.48. The number of nitrogens with one attached hydrogen (secondary N) is 1. The highest BCUT2D eigenvalue weighted by Gasteiger charge is 2.42. The van der Waals surface area contributed by atoms with Gasteiger partial charge in [0.2, 0.25) is 0 Å². The van der Waals surface area contributed by atoms with Gasteiger partial charge in [-0.05, 0) is 44.0 Å². The lowest BCUT2D eigenvalue weighted by Gasteiger charge is -2.46. The molecule has 3 heteroatoms. The van der Waals surface area contributed by atoms with Crippen LogP contribution in [-0.2, 0) is 0 Å².